The molecular formula is C14H21NO2. The van der Waals surface area contributed by atoms with Gasteiger partial charge in [0.25, 0.3) is 0 Å². The Morgan fingerprint density at radius 3 is 2.47 bits per heavy atom. The summed E-state index contributed by atoms with van der Waals surface area (Å²) >= 11 is 0. The van der Waals surface area contributed by atoms with Crippen molar-refractivity contribution in [1.29, 1.82) is 0 Å². The van der Waals surface area contributed by atoms with E-state index >= 15 is 0 Å². The van der Waals surface area contributed by atoms with E-state index in [9.17, 15) is 9.90 Å². The average molecular weight is 235 g/mol. The number of rotatable bonds is 6. The lowest BCUT2D eigenvalue weighted by Crippen LogP contribution is -2.36. The second-order valence-corrected chi connectivity index (χ2v) is 4.43. The fourth-order valence-corrected chi connectivity index (χ4v) is 2.29. The van der Waals surface area contributed by atoms with Crippen molar-refractivity contribution in [3.8, 4) is 0 Å². The second-order valence-electron chi connectivity index (χ2n) is 4.43. The monoisotopic (exact) mass is 235 g/mol. The first-order chi connectivity index (χ1) is 8.08. The summed E-state index contributed by atoms with van der Waals surface area (Å²) in [5.74, 6) is -0.772. The van der Waals surface area contributed by atoms with Gasteiger partial charge >= 0.3 is 5.97 Å². The molecule has 3 heteroatoms. The molecule has 0 bridgehead atoms. The maximum absolute atomic E-state index is 11.7. The van der Waals surface area contributed by atoms with Gasteiger partial charge in [0.05, 0.1) is 5.41 Å². The van der Waals surface area contributed by atoms with E-state index in [1.54, 1.807) is 6.07 Å². The fraction of sp³-hybridized carbons (Fsp3) is 0.500. The van der Waals surface area contributed by atoms with Crippen LogP contribution in [0.5, 0.6) is 0 Å². The Kier molecular flexibility index (Phi) is 4.55. The maximum Gasteiger partial charge on any atom is 0.314 e. The van der Waals surface area contributed by atoms with Gasteiger partial charge < -0.3 is 10.8 Å². The van der Waals surface area contributed by atoms with E-state index in [1.807, 2.05) is 25.1 Å². The van der Waals surface area contributed by atoms with Crippen molar-refractivity contribution >= 4 is 11.7 Å². The van der Waals surface area contributed by atoms with E-state index in [4.69, 9.17) is 5.73 Å². The minimum Gasteiger partial charge on any atom is -0.481 e. The molecule has 1 rings (SSSR count). The first kappa shape index (κ1) is 13.6. The van der Waals surface area contributed by atoms with Crippen LogP contribution in [0.25, 0.3) is 0 Å². The third kappa shape index (κ3) is 2.60. The molecule has 3 N–H and O–H groups in total. The highest BCUT2D eigenvalue weighted by Gasteiger charge is 2.39. The summed E-state index contributed by atoms with van der Waals surface area (Å²) in [6.45, 7) is 3.98. The quantitative estimate of drug-likeness (QED) is 0.744. The molecule has 0 aliphatic heterocycles. The van der Waals surface area contributed by atoms with Gasteiger partial charge in [0.1, 0.15) is 0 Å². The Morgan fingerprint density at radius 2 is 2.00 bits per heavy atom. The Balaban J connectivity index is 3.22. The van der Waals surface area contributed by atoms with Gasteiger partial charge in [-0.1, -0.05) is 44.9 Å². The number of aliphatic carboxylic acids is 1. The highest BCUT2D eigenvalue weighted by molar-refractivity contribution is 5.83. The van der Waals surface area contributed by atoms with Crippen molar-refractivity contribution in [2.75, 3.05) is 5.73 Å². The van der Waals surface area contributed by atoms with Crippen LogP contribution in [0.4, 0.5) is 5.69 Å². The fourth-order valence-electron chi connectivity index (χ4n) is 2.29. The number of anilines is 1. The number of unbranched alkanes of at least 4 members (excludes halogenated alkanes) is 1. The van der Waals surface area contributed by atoms with Crippen molar-refractivity contribution in [2.24, 2.45) is 0 Å². The molecule has 0 amide bonds. The van der Waals surface area contributed by atoms with E-state index in [2.05, 4.69) is 6.92 Å². The van der Waals surface area contributed by atoms with Crippen molar-refractivity contribution in [3.05, 3.63) is 29.8 Å². The predicted molar refractivity (Wildman–Crippen MR) is 70.0 cm³/mol. The first-order valence-electron chi connectivity index (χ1n) is 6.17. The van der Waals surface area contributed by atoms with E-state index in [1.165, 1.54) is 0 Å². The van der Waals surface area contributed by atoms with Gasteiger partial charge in [0, 0.05) is 5.69 Å². The predicted octanol–water partition coefficient (Wildman–Crippen LogP) is 3.19. The molecule has 17 heavy (non-hydrogen) atoms. The number of nitrogens with two attached hydrogens (primary N) is 1. The topological polar surface area (TPSA) is 63.3 Å². The van der Waals surface area contributed by atoms with E-state index in [-0.39, 0.29) is 0 Å². The standard InChI is InChI=1S/C14H21NO2/c1-3-5-10-14(4-2,13(16)17)11-8-6-7-9-12(11)15/h6-9H,3-5,10,15H2,1-2H3,(H,16,17). The van der Waals surface area contributed by atoms with Gasteiger partial charge in [0.15, 0.2) is 0 Å². The molecule has 0 aliphatic rings. The summed E-state index contributed by atoms with van der Waals surface area (Å²) in [5.41, 5.74) is 6.43. The van der Waals surface area contributed by atoms with Crippen molar-refractivity contribution in [3.63, 3.8) is 0 Å². The molecule has 0 heterocycles. The molecular weight excluding hydrogens is 214 g/mol. The van der Waals surface area contributed by atoms with Gasteiger partial charge in [-0.3, -0.25) is 4.79 Å². The molecule has 0 radical (unpaired) electrons. The van der Waals surface area contributed by atoms with Gasteiger partial charge in [-0.05, 0) is 24.5 Å². The number of para-hydroxylation sites is 1. The summed E-state index contributed by atoms with van der Waals surface area (Å²) in [5, 5.41) is 9.57. The van der Waals surface area contributed by atoms with Crippen molar-refractivity contribution < 1.29 is 9.90 Å². The summed E-state index contributed by atoms with van der Waals surface area (Å²) in [6.07, 6.45) is 3.09. The zero-order valence-corrected chi connectivity index (χ0v) is 10.6. The molecule has 1 aromatic carbocycles. The SMILES string of the molecule is CCCCC(CC)(C(=O)O)c1ccccc1N. The van der Waals surface area contributed by atoms with Crippen LogP contribution in [0.1, 0.15) is 45.1 Å². The van der Waals surface area contributed by atoms with Crippen molar-refractivity contribution in [2.45, 2.75) is 44.9 Å². The highest BCUT2D eigenvalue weighted by Crippen LogP contribution is 2.37. The molecule has 0 spiro atoms. The van der Waals surface area contributed by atoms with Crippen LogP contribution in [-0.4, -0.2) is 11.1 Å². The van der Waals surface area contributed by atoms with E-state index in [0.29, 0.717) is 18.5 Å². The minimum absolute atomic E-state index is 0.566. The lowest BCUT2D eigenvalue weighted by Gasteiger charge is -2.29. The molecule has 1 unspecified atom stereocenters. The van der Waals surface area contributed by atoms with Gasteiger partial charge in [-0.2, -0.15) is 0 Å². The number of hydrogen-bond donors (Lipinski definition) is 2. The molecule has 0 saturated heterocycles. The third-order valence-corrected chi connectivity index (χ3v) is 3.45. The minimum atomic E-state index is -0.832. The third-order valence-electron chi connectivity index (χ3n) is 3.45. The molecule has 1 atom stereocenters. The number of carboxylic acids is 1. The normalized spacial score (nSPS) is 14.2. The Morgan fingerprint density at radius 1 is 1.35 bits per heavy atom. The summed E-state index contributed by atoms with van der Waals surface area (Å²) in [6, 6.07) is 7.29. The molecule has 0 fully saturated rings. The average Bonchev–Trinajstić information content (AvgIpc) is 2.32. The van der Waals surface area contributed by atoms with Crippen LogP contribution in [0.3, 0.4) is 0 Å². The van der Waals surface area contributed by atoms with Gasteiger partial charge in [0.2, 0.25) is 0 Å². The van der Waals surface area contributed by atoms with Crippen LogP contribution >= 0.6 is 0 Å². The lowest BCUT2D eigenvalue weighted by molar-refractivity contribution is -0.144. The lowest BCUT2D eigenvalue weighted by atomic mass is 9.73. The number of carbonyl (C=O) groups is 1. The van der Waals surface area contributed by atoms with Crippen molar-refractivity contribution in [1.82, 2.24) is 0 Å². The van der Waals surface area contributed by atoms with Crippen LogP contribution in [0, 0.1) is 0 Å². The second kappa shape index (κ2) is 5.71. The zero-order chi connectivity index (χ0) is 12.9. The summed E-state index contributed by atoms with van der Waals surface area (Å²) < 4.78 is 0. The van der Waals surface area contributed by atoms with Gasteiger partial charge in [-0.15, -0.1) is 0 Å². The maximum atomic E-state index is 11.7. The van der Waals surface area contributed by atoms with Crippen LogP contribution < -0.4 is 5.73 Å². The molecule has 0 aromatic heterocycles. The van der Waals surface area contributed by atoms with E-state index in [0.717, 1.165) is 18.4 Å². The molecule has 1 aromatic rings. The molecule has 0 saturated carbocycles. The first-order valence-corrected chi connectivity index (χ1v) is 6.17. The number of benzene rings is 1. The molecule has 3 nitrogen and oxygen atoms in total. The highest BCUT2D eigenvalue weighted by atomic mass is 16.4. The van der Waals surface area contributed by atoms with Gasteiger partial charge in [-0.25, -0.2) is 0 Å². The van der Waals surface area contributed by atoms with Crippen LogP contribution in [-0.2, 0) is 10.2 Å². The van der Waals surface area contributed by atoms with Crippen LogP contribution in [0.15, 0.2) is 24.3 Å². The van der Waals surface area contributed by atoms with E-state index < -0.39 is 11.4 Å². The van der Waals surface area contributed by atoms with Crippen LogP contribution in [0.2, 0.25) is 0 Å². The Bertz CT molecular complexity index is 390. The zero-order valence-electron chi connectivity index (χ0n) is 10.6. The number of hydrogen-bond acceptors (Lipinski definition) is 2. The summed E-state index contributed by atoms with van der Waals surface area (Å²) in [7, 11) is 0. The molecule has 94 valence electrons. The largest absolute Gasteiger partial charge is 0.481 e. The summed E-state index contributed by atoms with van der Waals surface area (Å²) in [4.78, 5) is 11.7. The number of carboxylic acid groups (broad SMARTS) is 1. The Hall–Kier alpha value is -1.51. The molecule has 0 aliphatic carbocycles. The number of nitrogen functional groups attached to an aromatic ring is 1. The Labute approximate surface area is 103 Å². The smallest absolute Gasteiger partial charge is 0.314 e.